The Kier molecular flexibility index (Phi) is 5.03. The van der Waals surface area contributed by atoms with Gasteiger partial charge in [0.1, 0.15) is 5.75 Å². The van der Waals surface area contributed by atoms with Crippen molar-refractivity contribution in [3.05, 3.63) is 28.2 Å². The van der Waals surface area contributed by atoms with E-state index in [1.165, 1.54) is 0 Å². The van der Waals surface area contributed by atoms with E-state index in [4.69, 9.17) is 4.74 Å². The van der Waals surface area contributed by atoms with Gasteiger partial charge in [0.15, 0.2) is 0 Å². The Morgan fingerprint density at radius 3 is 2.86 bits per heavy atom. The molecule has 0 aromatic heterocycles. The third-order valence-corrected chi connectivity index (χ3v) is 4.84. The number of carbonyl (C=O) groups is 1. The SMILES string of the molecule is CCOc1ccc(Br)cc1CN(C(=O)C1CCNC1)C1CC1. The van der Waals surface area contributed by atoms with Gasteiger partial charge >= 0.3 is 0 Å². The summed E-state index contributed by atoms with van der Waals surface area (Å²) in [6.07, 6.45) is 3.21. The van der Waals surface area contributed by atoms with Crippen molar-refractivity contribution in [1.29, 1.82) is 0 Å². The van der Waals surface area contributed by atoms with Crippen LogP contribution in [0.2, 0.25) is 0 Å². The first kappa shape index (κ1) is 15.8. The quantitative estimate of drug-likeness (QED) is 0.841. The van der Waals surface area contributed by atoms with Crippen molar-refractivity contribution >= 4 is 21.8 Å². The van der Waals surface area contributed by atoms with Crippen LogP contribution in [-0.4, -0.2) is 36.5 Å². The van der Waals surface area contributed by atoms with E-state index in [9.17, 15) is 4.79 Å². The molecule has 1 aromatic carbocycles. The molecular weight excluding hydrogens is 344 g/mol. The van der Waals surface area contributed by atoms with Crippen molar-refractivity contribution in [1.82, 2.24) is 10.2 Å². The highest BCUT2D eigenvalue weighted by Gasteiger charge is 2.37. The molecule has 4 nitrogen and oxygen atoms in total. The van der Waals surface area contributed by atoms with Gasteiger partial charge in [0, 0.05) is 29.2 Å². The first-order valence-electron chi connectivity index (χ1n) is 8.11. The summed E-state index contributed by atoms with van der Waals surface area (Å²) in [5, 5.41) is 3.29. The van der Waals surface area contributed by atoms with E-state index in [-0.39, 0.29) is 5.92 Å². The Morgan fingerprint density at radius 1 is 1.41 bits per heavy atom. The maximum absolute atomic E-state index is 12.8. The molecule has 0 radical (unpaired) electrons. The smallest absolute Gasteiger partial charge is 0.227 e. The van der Waals surface area contributed by atoms with Crippen LogP contribution in [0.25, 0.3) is 0 Å². The van der Waals surface area contributed by atoms with Gasteiger partial charge in [0.2, 0.25) is 5.91 Å². The third kappa shape index (κ3) is 3.63. The van der Waals surface area contributed by atoms with Gasteiger partial charge < -0.3 is 15.0 Å². The zero-order chi connectivity index (χ0) is 15.5. The molecule has 5 heteroatoms. The fourth-order valence-corrected chi connectivity index (χ4v) is 3.43. The Hall–Kier alpha value is -1.07. The molecule has 1 aromatic rings. The van der Waals surface area contributed by atoms with Gasteiger partial charge in [-0.2, -0.15) is 0 Å². The van der Waals surface area contributed by atoms with E-state index in [1.807, 2.05) is 19.1 Å². The second kappa shape index (κ2) is 7.01. The van der Waals surface area contributed by atoms with Crippen LogP contribution in [0.3, 0.4) is 0 Å². The number of ether oxygens (including phenoxy) is 1. The van der Waals surface area contributed by atoms with Crippen molar-refractivity contribution in [3.8, 4) is 5.75 Å². The number of nitrogens with zero attached hydrogens (tertiary/aromatic N) is 1. The molecular formula is C17H23BrN2O2. The van der Waals surface area contributed by atoms with Gasteiger partial charge in [-0.05, 0) is 50.9 Å². The number of carbonyl (C=O) groups excluding carboxylic acids is 1. The second-order valence-electron chi connectivity index (χ2n) is 6.07. The van der Waals surface area contributed by atoms with Gasteiger partial charge in [0.25, 0.3) is 0 Å². The average Bonchev–Trinajstić information content (AvgIpc) is 3.20. The first-order valence-corrected chi connectivity index (χ1v) is 8.90. The molecule has 0 bridgehead atoms. The maximum atomic E-state index is 12.8. The Morgan fingerprint density at radius 2 is 2.23 bits per heavy atom. The molecule has 1 saturated carbocycles. The van der Waals surface area contributed by atoms with Crippen LogP contribution in [0.1, 0.15) is 31.7 Å². The molecule has 1 aliphatic carbocycles. The van der Waals surface area contributed by atoms with E-state index in [0.29, 0.717) is 25.1 Å². The lowest BCUT2D eigenvalue weighted by Crippen LogP contribution is -2.38. The molecule has 3 rings (SSSR count). The van der Waals surface area contributed by atoms with Gasteiger partial charge in [-0.1, -0.05) is 15.9 Å². The summed E-state index contributed by atoms with van der Waals surface area (Å²) < 4.78 is 6.75. The molecule has 1 atom stereocenters. The predicted molar refractivity (Wildman–Crippen MR) is 89.9 cm³/mol. The number of amides is 1. The Labute approximate surface area is 140 Å². The summed E-state index contributed by atoms with van der Waals surface area (Å²) in [6, 6.07) is 6.45. The number of hydrogen-bond donors (Lipinski definition) is 1. The van der Waals surface area contributed by atoms with E-state index in [1.54, 1.807) is 0 Å². The van der Waals surface area contributed by atoms with Crippen LogP contribution < -0.4 is 10.1 Å². The Balaban J connectivity index is 1.78. The summed E-state index contributed by atoms with van der Waals surface area (Å²) in [4.78, 5) is 14.9. The monoisotopic (exact) mass is 366 g/mol. The fraction of sp³-hybridized carbons (Fsp3) is 0.588. The summed E-state index contributed by atoms with van der Waals surface area (Å²) in [6.45, 7) is 5.04. The molecule has 1 aliphatic heterocycles. The lowest BCUT2D eigenvalue weighted by atomic mass is 10.1. The molecule has 22 heavy (non-hydrogen) atoms. The standard InChI is InChI=1S/C17H23BrN2O2/c1-2-22-16-6-3-14(18)9-13(16)11-20(15-4-5-15)17(21)12-7-8-19-10-12/h3,6,9,12,15,19H,2,4-5,7-8,10-11H2,1H3. The van der Waals surface area contributed by atoms with Crippen LogP contribution in [0, 0.1) is 5.92 Å². The van der Waals surface area contributed by atoms with Crippen LogP contribution in [-0.2, 0) is 11.3 Å². The van der Waals surface area contributed by atoms with Crippen molar-refractivity contribution in [2.75, 3.05) is 19.7 Å². The Bertz CT molecular complexity index is 539. The minimum Gasteiger partial charge on any atom is -0.494 e. The number of rotatable bonds is 6. The third-order valence-electron chi connectivity index (χ3n) is 4.34. The lowest BCUT2D eigenvalue weighted by molar-refractivity contribution is -0.136. The molecule has 1 amide bonds. The van der Waals surface area contributed by atoms with Crippen molar-refractivity contribution < 1.29 is 9.53 Å². The molecule has 2 fully saturated rings. The molecule has 1 N–H and O–H groups in total. The molecule has 1 saturated heterocycles. The highest BCUT2D eigenvalue weighted by atomic mass is 79.9. The minimum atomic E-state index is 0.142. The largest absolute Gasteiger partial charge is 0.494 e. The molecule has 2 aliphatic rings. The van der Waals surface area contributed by atoms with Crippen LogP contribution >= 0.6 is 15.9 Å². The maximum Gasteiger partial charge on any atom is 0.227 e. The summed E-state index contributed by atoms with van der Waals surface area (Å²) in [7, 11) is 0. The van der Waals surface area contributed by atoms with E-state index >= 15 is 0 Å². The van der Waals surface area contributed by atoms with E-state index in [2.05, 4.69) is 32.2 Å². The van der Waals surface area contributed by atoms with Crippen LogP contribution in [0.4, 0.5) is 0 Å². The molecule has 1 unspecified atom stereocenters. The number of hydrogen-bond acceptors (Lipinski definition) is 3. The van der Waals surface area contributed by atoms with Gasteiger partial charge in [0.05, 0.1) is 12.5 Å². The number of nitrogens with one attached hydrogen (secondary N) is 1. The summed E-state index contributed by atoms with van der Waals surface area (Å²) in [5.41, 5.74) is 1.09. The van der Waals surface area contributed by atoms with Gasteiger partial charge in [-0.15, -0.1) is 0 Å². The first-order chi connectivity index (χ1) is 10.7. The van der Waals surface area contributed by atoms with Crippen molar-refractivity contribution in [3.63, 3.8) is 0 Å². The van der Waals surface area contributed by atoms with Crippen molar-refractivity contribution in [2.24, 2.45) is 5.92 Å². The van der Waals surface area contributed by atoms with Crippen LogP contribution in [0.5, 0.6) is 5.75 Å². The van der Waals surface area contributed by atoms with E-state index < -0.39 is 0 Å². The topological polar surface area (TPSA) is 41.6 Å². The summed E-state index contributed by atoms with van der Waals surface area (Å²) in [5.74, 6) is 1.33. The highest BCUT2D eigenvalue weighted by molar-refractivity contribution is 9.10. The number of halogens is 1. The van der Waals surface area contributed by atoms with Gasteiger partial charge in [-0.25, -0.2) is 0 Å². The molecule has 1 heterocycles. The highest BCUT2D eigenvalue weighted by Crippen LogP contribution is 2.33. The van der Waals surface area contributed by atoms with Crippen LogP contribution in [0.15, 0.2) is 22.7 Å². The van der Waals surface area contributed by atoms with Gasteiger partial charge in [-0.3, -0.25) is 4.79 Å². The van der Waals surface area contributed by atoms with Crippen molar-refractivity contribution in [2.45, 2.75) is 38.8 Å². The molecule has 0 spiro atoms. The normalized spacial score (nSPS) is 20.9. The van der Waals surface area contributed by atoms with E-state index in [0.717, 1.165) is 48.1 Å². The average molecular weight is 367 g/mol. The fourth-order valence-electron chi connectivity index (χ4n) is 3.02. The summed E-state index contributed by atoms with van der Waals surface area (Å²) >= 11 is 3.52. The second-order valence-corrected chi connectivity index (χ2v) is 6.99. The zero-order valence-corrected chi connectivity index (χ0v) is 14.6. The predicted octanol–water partition coefficient (Wildman–Crippen LogP) is 2.95. The zero-order valence-electron chi connectivity index (χ0n) is 13.0. The lowest BCUT2D eigenvalue weighted by Gasteiger charge is -2.26. The number of benzene rings is 1. The molecule has 120 valence electrons. The minimum absolute atomic E-state index is 0.142.